The van der Waals surface area contributed by atoms with Crippen LogP contribution in [0, 0.1) is 0 Å². The molecule has 0 bridgehead atoms. The van der Waals surface area contributed by atoms with Gasteiger partial charge in [-0.2, -0.15) is 13.2 Å². The lowest BCUT2D eigenvalue weighted by Crippen LogP contribution is -2.19. The predicted octanol–water partition coefficient (Wildman–Crippen LogP) is 7.24. The number of alkyl halides is 3. The fourth-order valence-electron chi connectivity index (χ4n) is 3.60. The highest BCUT2D eigenvalue weighted by Crippen LogP contribution is 2.37. The van der Waals surface area contributed by atoms with Gasteiger partial charge in [0.25, 0.3) is 0 Å². The van der Waals surface area contributed by atoms with Crippen molar-refractivity contribution in [2.24, 2.45) is 0 Å². The average Bonchev–Trinajstić information content (AvgIpc) is 2.91. The molecule has 40 heavy (non-hydrogen) atoms. The lowest BCUT2D eigenvalue weighted by molar-refractivity contribution is -0.138. The highest BCUT2D eigenvalue weighted by atomic mass is 79.9. The molecule has 13 heteroatoms. The van der Waals surface area contributed by atoms with E-state index in [1.807, 2.05) is 6.92 Å². The molecule has 0 unspecified atom stereocenters. The molecule has 1 aromatic heterocycles. The number of amides is 2. The molecule has 0 aliphatic rings. The summed E-state index contributed by atoms with van der Waals surface area (Å²) in [6.45, 7) is 3.62. The van der Waals surface area contributed by atoms with Gasteiger partial charge in [0, 0.05) is 41.5 Å². The van der Waals surface area contributed by atoms with Crippen LogP contribution < -0.4 is 25.8 Å². The van der Waals surface area contributed by atoms with E-state index in [-0.39, 0.29) is 16.0 Å². The van der Waals surface area contributed by atoms with Crippen LogP contribution in [0.4, 0.5) is 35.0 Å². The molecule has 0 spiro atoms. The van der Waals surface area contributed by atoms with Crippen LogP contribution in [0.5, 0.6) is 17.4 Å². The maximum Gasteiger partial charge on any atom is 0.417 e. The third-order valence-corrected chi connectivity index (χ3v) is 6.17. The van der Waals surface area contributed by atoms with E-state index in [9.17, 15) is 18.0 Å². The summed E-state index contributed by atoms with van der Waals surface area (Å²) in [6, 6.07) is 12.4. The zero-order valence-electron chi connectivity index (χ0n) is 21.2. The molecule has 2 amide bonds. The van der Waals surface area contributed by atoms with Gasteiger partial charge in [0.05, 0.1) is 28.8 Å². The Morgan fingerprint density at radius 2 is 1.73 bits per heavy atom. The largest absolute Gasteiger partial charge is 0.491 e. The number of nitrogens with one attached hydrogen (secondary N) is 2. The first-order chi connectivity index (χ1) is 19.1. The fourth-order valence-corrected chi connectivity index (χ4v) is 4.07. The zero-order valence-corrected chi connectivity index (χ0v) is 22.8. The topological polar surface area (TPSA) is 121 Å². The number of fused-ring (bicyclic) bond motifs is 1. The van der Waals surface area contributed by atoms with Crippen LogP contribution in [0.3, 0.4) is 0 Å². The second-order valence-electron chi connectivity index (χ2n) is 8.38. The molecule has 4 aromatic rings. The summed E-state index contributed by atoms with van der Waals surface area (Å²) >= 11 is 2.87. The molecular weight excluding hydrogens is 595 g/mol. The van der Waals surface area contributed by atoms with E-state index in [1.165, 1.54) is 18.5 Å². The molecule has 0 fully saturated rings. The first-order valence-corrected chi connectivity index (χ1v) is 12.9. The van der Waals surface area contributed by atoms with Crippen molar-refractivity contribution in [2.75, 3.05) is 36.2 Å². The zero-order chi connectivity index (χ0) is 28.7. The molecule has 0 atom stereocenters. The number of nitrogen functional groups attached to an aromatic ring is 1. The Morgan fingerprint density at radius 1 is 1.00 bits per heavy atom. The van der Waals surface area contributed by atoms with Crippen molar-refractivity contribution >= 4 is 49.9 Å². The number of halogens is 4. The quantitative estimate of drug-likeness (QED) is 0.126. The fraction of sp³-hybridized carbons (Fsp3) is 0.222. The van der Waals surface area contributed by atoms with Crippen LogP contribution in [0.25, 0.3) is 10.9 Å². The SMILES string of the molecule is CCOCCCOc1cc2ncnc(Oc3ccc(NC(=O)Nc4ccc(Br)c(C(F)(F)F)c4)cc3)c2cc1N. The number of nitrogens with zero attached hydrogens (tertiary/aromatic N) is 2. The number of hydrogen-bond donors (Lipinski definition) is 3. The Hall–Kier alpha value is -4.10. The molecule has 1 heterocycles. The summed E-state index contributed by atoms with van der Waals surface area (Å²) in [5, 5.41) is 5.53. The molecule has 9 nitrogen and oxygen atoms in total. The second-order valence-corrected chi connectivity index (χ2v) is 9.24. The number of carbonyl (C=O) groups excluding carboxylic acids is 1. The van der Waals surface area contributed by atoms with Gasteiger partial charge in [-0.3, -0.25) is 0 Å². The number of urea groups is 1. The van der Waals surface area contributed by atoms with Crippen LogP contribution in [0.2, 0.25) is 0 Å². The highest BCUT2D eigenvalue weighted by molar-refractivity contribution is 9.10. The highest BCUT2D eigenvalue weighted by Gasteiger charge is 2.33. The third-order valence-electron chi connectivity index (χ3n) is 5.48. The minimum atomic E-state index is -4.57. The first kappa shape index (κ1) is 28.9. The summed E-state index contributed by atoms with van der Waals surface area (Å²) in [4.78, 5) is 20.8. The van der Waals surface area contributed by atoms with Gasteiger partial charge in [-0.1, -0.05) is 15.9 Å². The van der Waals surface area contributed by atoms with Gasteiger partial charge in [0.1, 0.15) is 17.8 Å². The van der Waals surface area contributed by atoms with Crippen molar-refractivity contribution in [2.45, 2.75) is 19.5 Å². The van der Waals surface area contributed by atoms with Gasteiger partial charge in [0.2, 0.25) is 5.88 Å². The normalized spacial score (nSPS) is 11.3. The Kier molecular flexibility index (Phi) is 9.27. The molecule has 4 N–H and O–H groups in total. The molecule has 210 valence electrons. The minimum Gasteiger partial charge on any atom is -0.491 e. The molecule has 0 radical (unpaired) electrons. The van der Waals surface area contributed by atoms with Crippen molar-refractivity contribution < 1.29 is 32.2 Å². The van der Waals surface area contributed by atoms with E-state index in [0.29, 0.717) is 53.6 Å². The summed E-state index contributed by atoms with van der Waals surface area (Å²) in [6.07, 6.45) is -2.48. The first-order valence-electron chi connectivity index (χ1n) is 12.1. The summed E-state index contributed by atoms with van der Waals surface area (Å²) in [7, 11) is 0. The van der Waals surface area contributed by atoms with E-state index in [0.717, 1.165) is 12.5 Å². The number of hydrogen-bond acceptors (Lipinski definition) is 7. The molecule has 0 aliphatic heterocycles. The monoisotopic (exact) mass is 619 g/mol. The van der Waals surface area contributed by atoms with Gasteiger partial charge in [0.15, 0.2) is 0 Å². The summed E-state index contributed by atoms with van der Waals surface area (Å²) in [5.41, 5.74) is 6.64. The Labute approximate surface area is 236 Å². The van der Waals surface area contributed by atoms with Crippen molar-refractivity contribution in [3.05, 3.63) is 71.0 Å². The van der Waals surface area contributed by atoms with E-state index < -0.39 is 17.8 Å². The smallest absolute Gasteiger partial charge is 0.417 e. The van der Waals surface area contributed by atoms with Crippen LogP contribution in [-0.2, 0) is 10.9 Å². The maximum absolute atomic E-state index is 13.1. The van der Waals surface area contributed by atoms with Crippen molar-refractivity contribution in [3.8, 4) is 17.4 Å². The lowest BCUT2D eigenvalue weighted by Gasteiger charge is -2.13. The number of carbonyl (C=O) groups is 1. The molecule has 3 aromatic carbocycles. The number of aromatic nitrogens is 2. The predicted molar refractivity (Wildman–Crippen MR) is 149 cm³/mol. The number of ether oxygens (including phenoxy) is 3. The number of nitrogens with two attached hydrogens (primary N) is 1. The maximum atomic E-state index is 13.1. The van der Waals surface area contributed by atoms with E-state index in [4.69, 9.17) is 19.9 Å². The molecule has 0 saturated heterocycles. The Morgan fingerprint density at radius 3 is 2.45 bits per heavy atom. The van der Waals surface area contributed by atoms with E-state index >= 15 is 0 Å². The molecule has 0 aliphatic carbocycles. The minimum absolute atomic E-state index is 0.0121. The van der Waals surface area contributed by atoms with Crippen molar-refractivity contribution in [3.63, 3.8) is 0 Å². The summed E-state index contributed by atoms with van der Waals surface area (Å²) in [5.74, 6) is 1.19. The van der Waals surface area contributed by atoms with Crippen LogP contribution >= 0.6 is 15.9 Å². The Bertz CT molecular complexity index is 1490. The standard InChI is InChI=1S/C27H25BrF3N5O4/c1-2-38-10-3-11-39-24-14-23-19(13-22(24)32)25(34-15-33-23)40-18-7-4-16(5-8-18)35-26(37)36-17-6-9-21(28)20(12-17)27(29,30)31/h4-9,12-15H,2-3,10-11,32H2,1H3,(H2,35,36,37). The number of anilines is 3. The van der Waals surface area contributed by atoms with Gasteiger partial charge >= 0.3 is 12.2 Å². The van der Waals surface area contributed by atoms with Gasteiger partial charge in [-0.05, 0) is 55.5 Å². The van der Waals surface area contributed by atoms with Crippen LogP contribution in [0.1, 0.15) is 18.9 Å². The lowest BCUT2D eigenvalue weighted by atomic mass is 10.2. The van der Waals surface area contributed by atoms with Crippen molar-refractivity contribution in [1.82, 2.24) is 9.97 Å². The Balaban J connectivity index is 1.39. The van der Waals surface area contributed by atoms with Gasteiger partial charge < -0.3 is 30.6 Å². The summed E-state index contributed by atoms with van der Waals surface area (Å²) < 4.78 is 56.2. The molecule has 0 saturated carbocycles. The van der Waals surface area contributed by atoms with Crippen molar-refractivity contribution in [1.29, 1.82) is 0 Å². The van der Waals surface area contributed by atoms with Gasteiger partial charge in [-0.15, -0.1) is 0 Å². The number of rotatable bonds is 10. The molecule has 4 rings (SSSR count). The molecular formula is C27H25BrF3N5O4. The average molecular weight is 620 g/mol. The van der Waals surface area contributed by atoms with E-state index in [2.05, 4.69) is 36.5 Å². The second kappa shape index (κ2) is 12.8. The van der Waals surface area contributed by atoms with Gasteiger partial charge in [-0.25, -0.2) is 14.8 Å². The third kappa shape index (κ3) is 7.51. The number of benzene rings is 3. The van der Waals surface area contributed by atoms with E-state index in [1.54, 1.807) is 36.4 Å². The van der Waals surface area contributed by atoms with Crippen LogP contribution in [-0.4, -0.2) is 35.8 Å². The van der Waals surface area contributed by atoms with Crippen LogP contribution in [0.15, 0.2) is 65.4 Å².